The summed E-state index contributed by atoms with van der Waals surface area (Å²) in [6.45, 7) is 1.95. The minimum absolute atomic E-state index is 0.00250. The number of carbonyl (C=O) groups is 2. The third-order valence-corrected chi connectivity index (χ3v) is 5.72. The maximum atomic E-state index is 12.1. The molecule has 1 unspecified atom stereocenters. The molecule has 1 aliphatic rings. The van der Waals surface area contributed by atoms with Gasteiger partial charge in [0.25, 0.3) is 0 Å². The van der Waals surface area contributed by atoms with E-state index in [1.54, 1.807) is 17.0 Å². The molecule has 0 aromatic heterocycles. The van der Waals surface area contributed by atoms with Crippen LogP contribution < -0.4 is 4.90 Å². The van der Waals surface area contributed by atoms with Crippen molar-refractivity contribution >= 4 is 67.8 Å². The highest BCUT2D eigenvalue weighted by Gasteiger charge is 2.33. The first kappa shape index (κ1) is 16.7. The zero-order valence-corrected chi connectivity index (χ0v) is 14.9. The molecule has 0 saturated carbocycles. The molecule has 0 N–H and O–H groups in total. The number of carbonyl (C=O) groups excluding carboxylic acids is 2. The van der Waals surface area contributed by atoms with Crippen LogP contribution in [0.25, 0.3) is 0 Å². The highest BCUT2D eigenvalue weighted by atomic mass is 79.9. The van der Waals surface area contributed by atoms with Gasteiger partial charge >= 0.3 is 0 Å². The lowest BCUT2D eigenvalue weighted by Gasteiger charge is -2.19. The average molecular weight is 406 g/mol. The van der Waals surface area contributed by atoms with Crippen molar-refractivity contribution in [3.8, 4) is 5.40 Å². The Kier molecular flexibility index (Phi) is 5.60. The number of benzene rings is 1. The highest BCUT2D eigenvalue weighted by Crippen LogP contribution is 2.39. The molecule has 1 aromatic carbocycles. The van der Waals surface area contributed by atoms with E-state index in [1.807, 2.05) is 5.40 Å². The molecule has 2 rings (SSSR count). The topological polar surface area (TPSA) is 61.2 Å². The van der Waals surface area contributed by atoms with Crippen LogP contribution in [0, 0.1) is 10.7 Å². The summed E-state index contributed by atoms with van der Waals surface area (Å²) in [6.07, 6.45) is 0.326. The Labute approximate surface area is 144 Å². The number of halogens is 2. The van der Waals surface area contributed by atoms with Crippen LogP contribution in [0.15, 0.2) is 21.5 Å². The zero-order chi connectivity index (χ0) is 15.6. The summed E-state index contributed by atoms with van der Waals surface area (Å²) in [6, 6.07) is 3.40. The van der Waals surface area contributed by atoms with Crippen molar-refractivity contribution in [2.24, 2.45) is 0 Å². The fraction of sp³-hybridized carbons (Fsp3) is 0.308. The van der Waals surface area contributed by atoms with Crippen molar-refractivity contribution in [2.75, 3.05) is 11.4 Å². The minimum atomic E-state index is -0.0526. The molecule has 0 spiro atoms. The second-order valence-corrected chi connectivity index (χ2v) is 7.93. The number of thioether (sulfide) groups is 2. The van der Waals surface area contributed by atoms with Gasteiger partial charge in [0, 0.05) is 34.5 Å². The van der Waals surface area contributed by atoms with E-state index < -0.39 is 0 Å². The maximum Gasteiger partial charge on any atom is 0.228 e. The highest BCUT2D eigenvalue weighted by molar-refractivity contribution is 9.10. The lowest BCUT2D eigenvalue weighted by Crippen LogP contribution is -2.25. The summed E-state index contributed by atoms with van der Waals surface area (Å²) in [5, 5.41) is 11.1. The van der Waals surface area contributed by atoms with E-state index in [-0.39, 0.29) is 16.3 Å². The Balaban J connectivity index is 2.26. The summed E-state index contributed by atoms with van der Waals surface area (Å²) in [7, 11) is 0. The van der Waals surface area contributed by atoms with E-state index >= 15 is 0 Å². The second kappa shape index (κ2) is 7.05. The molecule has 1 aliphatic heterocycles. The molecule has 110 valence electrons. The summed E-state index contributed by atoms with van der Waals surface area (Å²) in [5.74, 6) is -0.0526. The Morgan fingerprint density at radius 3 is 2.90 bits per heavy atom. The van der Waals surface area contributed by atoms with Crippen LogP contribution in [0.4, 0.5) is 5.69 Å². The van der Waals surface area contributed by atoms with Crippen LogP contribution in [-0.4, -0.2) is 22.8 Å². The molecule has 1 atom stereocenters. The minimum Gasteiger partial charge on any atom is -0.310 e. The first-order valence-electron chi connectivity index (χ1n) is 5.95. The van der Waals surface area contributed by atoms with E-state index in [0.29, 0.717) is 33.0 Å². The van der Waals surface area contributed by atoms with Gasteiger partial charge in [-0.2, -0.15) is 5.26 Å². The first-order valence-corrected chi connectivity index (χ1v) is 8.81. The fourth-order valence-electron chi connectivity index (χ4n) is 2.07. The summed E-state index contributed by atoms with van der Waals surface area (Å²) in [4.78, 5) is 25.6. The molecule has 21 heavy (non-hydrogen) atoms. The van der Waals surface area contributed by atoms with Gasteiger partial charge in [0.05, 0.1) is 10.7 Å². The van der Waals surface area contributed by atoms with Crippen molar-refractivity contribution < 1.29 is 9.59 Å². The lowest BCUT2D eigenvalue weighted by molar-refractivity contribution is -0.117. The maximum absolute atomic E-state index is 12.1. The molecule has 0 bridgehead atoms. The van der Waals surface area contributed by atoms with Crippen molar-refractivity contribution in [1.82, 2.24) is 0 Å². The molecular weight excluding hydrogens is 396 g/mol. The molecule has 1 aromatic rings. The van der Waals surface area contributed by atoms with Crippen LogP contribution in [0.1, 0.15) is 13.3 Å². The lowest BCUT2D eigenvalue weighted by atomic mass is 10.3. The van der Waals surface area contributed by atoms with Gasteiger partial charge in [-0.05, 0) is 39.8 Å². The summed E-state index contributed by atoms with van der Waals surface area (Å²) in [5.41, 5.74) is 0.600. The molecule has 1 heterocycles. The largest absolute Gasteiger partial charge is 0.310 e. The number of nitriles is 1. The van der Waals surface area contributed by atoms with E-state index in [4.69, 9.17) is 16.9 Å². The number of amides is 1. The quantitative estimate of drug-likeness (QED) is 0.560. The standard InChI is InChI=1S/C13H10BrClN2O2S2/c1-7(18)21-8-2-13(19)17(5-8)11-3-9(14)12(20-6-16)4-10(11)15/h3-4,8H,2,5H2,1H3. The van der Waals surface area contributed by atoms with Crippen molar-refractivity contribution in [3.63, 3.8) is 0 Å². The Morgan fingerprint density at radius 1 is 1.57 bits per heavy atom. The first-order chi connectivity index (χ1) is 9.92. The van der Waals surface area contributed by atoms with Crippen LogP contribution in [0.2, 0.25) is 5.02 Å². The van der Waals surface area contributed by atoms with Gasteiger partial charge in [-0.15, -0.1) is 0 Å². The molecule has 0 aliphatic carbocycles. The predicted molar refractivity (Wildman–Crippen MR) is 89.7 cm³/mol. The number of rotatable bonds is 3. The molecular formula is C13H10BrClN2O2S2. The van der Waals surface area contributed by atoms with Gasteiger partial charge in [-0.25, -0.2) is 0 Å². The van der Waals surface area contributed by atoms with Gasteiger partial charge in [-0.3, -0.25) is 9.59 Å². The van der Waals surface area contributed by atoms with Gasteiger partial charge in [0.2, 0.25) is 5.91 Å². The van der Waals surface area contributed by atoms with E-state index in [9.17, 15) is 9.59 Å². The molecule has 0 radical (unpaired) electrons. The third-order valence-electron chi connectivity index (χ3n) is 2.87. The second-order valence-electron chi connectivity index (χ2n) is 4.37. The monoisotopic (exact) mass is 404 g/mol. The molecule has 8 heteroatoms. The number of hydrogen-bond donors (Lipinski definition) is 0. The molecule has 1 saturated heterocycles. The number of anilines is 1. The Bertz CT molecular complexity index is 648. The number of hydrogen-bond acceptors (Lipinski definition) is 5. The normalized spacial score (nSPS) is 17.9. The van der Waals surface area contributed by atoms with E-state index in [1.165, 1.54) is 18.7 Å². The van der Waals surface area contributed by atoms with E-state index in [2.05, 4.69) is 15.9 Å². The summed E-state index contributed by atoms with van der Waals surface area (Å²) < 4.78 is 0.712. The number of thiocyanates is 1. The van der Waals surface area contributed by atoms with E-state index in [0.717, 1.165) is 11.8 Å². The SMILES string of the molecule is CC(=O)SC1CC(=O)N(c2cc(Br)c(SC#N)cc2Cl)C1. The molecule has 4 nitrogen and oxygen atoms in total. The van der Waals surface area contributed by atoms with Crippen molar-refractivity contribution in [3.05, 3.63) is 21.6 Å². The average Bonchev–Trinajstić information content (AvgIpc) is 2.73. The van der Waals surface area contributed by atoms with Crippen LogP contribution in [-0.2, 0) is 9.59 Å². The van der Waals surface area contributed by atoms with Gasteiger partial charge in [0.15, 0.2) is 5.12 Å². The van der Waals surface area contributed by atoms with Gasteiger partial charge in [-0.1, -0.05) is 23.4 Å². The molecule has 1 amide bonds. The van der Waals surface area contributed by atoms with Crippen molar-refractivity contribution in [1.29, 1.82) is 5.26 Å². The van der Waals surface area contributed by atoms with Crippen molar-refractivity contribution in [2.45, 2.75) is 23.5 Å². The fourth-order valence-corrected chi connectivity index (χ4v) is 4.33. The Morgan fingerprint density at radius 2 is 2.29 bits per heavy atom. The number of nitrogens with zero attached hydrogens (tertiary/aromatic N) is 2. The van der Waals surface area contributed by atoms with Crippen LogP contribution in [0.5, 0.6) is 0 Å². The summed E-state index contributed by atoms with van der Waals surface area (Å²) >= 11 is 11.8. The molecule has 1 fully saturated rings. The van der Waals surface area contributed by atoms with Gasteiger partial charge < -0.3 is 4.90 Å². The third kappa shape index (κ3) is 3.95. The Hall–Kier alpha value is -0.680. The van der Waals surface area contributed by atoms with Crippen LogP contribution in [0.3, 0.4) is 0 Å². The zero-order valence-electron chi connectivity index (χ0n) is 10.9. The van der Waals surface area contributed by atoms with Gasteiger partial charge in [0.1, 0.15) is 5.40 Å². The van der Waals surface area contributed by atoms with Crippen LogP contribution >= 0.6 is 51.1 Å². The smallest absolute Gasteiger partial charge is 0.228 e. The predicted octanol–water partition coefficient (Wildman–Crippen LogP) is 4.06.